The van der Waals surface area contributed by atoms with Crippen molar-refractivity contribution in [3.63, 3.8) is 0 Å². The molecule has 2 heterocycles. The summed E-state index contributed by atoms with van der Waals surface area (Å²) in [6.07, 6.45) is 4.77. The van der Waals surface area contributed by atoms with E-state index >= 15 is 0 Å². The Balaban J connectivity index is 1.28. The van der Waals surface area contributed by atoms with Gasteiger partial charge in [0.2, 0.25) is 0 Å². The van der Waals surface area contributed by atoms with E-state index in [0.29, 0.717) is 56.8 Å². The molecule has 0 spiro atoms. The minimum Gasteiger partial charge on any atom is -0.353 e. The number of rotatable bonds is 5. The Labute approximate surface area is 265 Å². The van der Waals surface area contributed by atoms with Gasteiger partial charge in [-0.25, -0.2) is 9.98 Å². The molecule has 1 aliphatic heterocycles. The summed E-state index contributed by atoms with van der Waals surface area (Å²) >= 11 is 12.5. The van der Waals surface area contributed by atoms with E-state index in [1.807, 2.05) is 37.3 Å². The Hall–Kier alpha value is -2.61. The molecule has 9 heteroatoms. The number of benzene rings is 2. The quantitative estimate of drug-likeness (QED) is 0.241. The third-order valence-corrected chi connectivity index (χ3v) is 11.1. The van der Waals surface area contributed by atoms with Gasteiger partial charge in [0.25, 0.3) is 5.56 Å². The average molecular weight is 624 g/mol. The number of guanidine groups is 1. The fourth-order valence-corrected chi connectivity index (χ4v) is 8.42. The van der Waals surface area contributed by atoms with Gasteiger partial charge in [-0.2, -0.15) is 0 Å². The van der Waals surface area contributed by atoms with Crippen LogP contribution in [-0.4, -0.2) is 51.6 Å². The number of nitrogens with zero attached hydrogens (tertiary/aromatic N) is 4. The number of aromatic nitrogens is 2. The molecule has 2 aromatic carbocycles. The molecule has 0 amide bonds. The molecule has 1 aromatic heterocycles. The minimum absolute atomic E-state index is 0.0703. The third kappa shape index (κ3) is 5.93. The van der Waals surface area contributed by atoms with Crippen molar-refractivity contribution in [2.24, 2.45) is 28.2 Å². The first kappa shape index (κ1) is 30.4. The molecule has 0 unspecified atom stereocenters. The highest BCUT2D eigenvalue weighted by Crippen LogP contribution is 2.61. The number of hydrogen-bond acceptors (Lipinski definition) is 4. The summed E-state index contributed by atoms with van der Waals surface area (Å²) in [6, 6.07) is 12.2. The Kier molecular flexibility index (Phi) is 8.29. The molecule has 7 nitrogen and oxygen atoms in total. The second-order valence-corrected chi connectivity index (χ2v) is 14.8. The zero-order valence-corrected chi connectivity index (χ0v) is 27.6. The van der Waals surface area contributed by atoms with Crippen molar-refractivity contribution in [1.29, 1.82) is 0 Å². The van der Waals surface area contributed by atoms with Crippen LogP contribution in [0.3, 0.4) is 0 Å². The molecule has 3 saturated carbocycles. The van der Waals surface area contributed by atoms with E-state index in [9.17, 15) is 4.79 Å². The molecule has 230 valence electrons. The number of aliphatic imine (C=N–C) groups is 1. The maximum atomic E-state index is 13.5. The standard InChI is InChI=1S/C34H44Cl2N6O/c1-19-16-41(17-20(2)38-19)33(40-30-13-24-12-28(22(30)4)34(24,5)6)39-26-9-10-27-31(15-26)37-18-42(32(27)43)21(3)11-23-7-8-25(35)14-29(23)36/h7-10,14-15,18-22,24,28,30,38H,11-13,16-17H2,1-6H3,(H,39,40)/t19-,20-,21+,22+,24-,28-,30-/m0/s1. The van der Waals surface area contributed by atoms with E-state index in [1.165, 1.54) is 12.8 Å². The first-order valence-corrected chi connectivity index (χ1v) is 16.5. The van der Waals surface area contributed by atoms with Gasteiger partial charge in [-0.15, -0.1) is 0 Å². The van der Waals surface area contributed by atoms with Gasteiger partial charge in [-0.05, 0) is 99.1 Å². The predicted octanol–water partition coefficient (Wildman–Crippen LogP) is 6.84. The molecule has 3 aromatic rings. The van der Waals surface area contributed by atoms with Gasteiger partial charge in [-0.1, -0.05) is 50.0 Å². The van der Waals surface area contributed by atoms with Crippen molar-refractivity contribution in [3.05, 3.63) is 68.7 Å². The summed E-state index contributed by atoms with van der Waals surface area (Å²) in [7, 11) is 0. The van der Waals surface area contributed by atoms with E-state index in [1.54, 1.807) is 17.0 Å². The maximum absolute atomic E-state index is 13.5. The summed E-state index contributed by atoms with van der Waals surface area (Å²) in [5, 5.41) is 9.34. The molecule has 4 fully saturated rings. The Bertz CT molecular complexity index is 1590. The van der Waals surface area contributed by atoms with Crippen LogP contribution in [0.5, 0.6) is 0 Å². The molecule has 43 heavy (non-hydrogen) atoms. The second-order valence-electron chi connectivity index (χ2n) is 14.0. The number of fused-ring (bicyclic) bond motifs is 3. The molecular formula is C34H44Cl2N6O. The first-order valence-electron chi connectivity index (χ1n) is 15.7. The summed E-state index contributed by atoms with van der Waals surface area (Å²) in [5.41, 5.74) is 2.75. The van der Waals surface area contributed by atoms with Crippen molar-refractivity contribution >= 4 is 45.8 Å². The molecule has 1 saturated heterocycles. The van der Waals surface area contributed by atoms with Crippen LogP contribution < -0.4 is 16.2 Å². The minimum atomic E-state index is -0.123. The van der Waals surface area contributed by atoms with Gasteiger partial charge < -0.3 is 15.5 Å². The van der Waals surface area contributed by atoms with Crippen LogP contribution in [0.15, 0.2) is 52.5 Å². The van der Waals surface area contributed by atoms with Gasteiger partial charge in [0, 0.05) is 47.3 Å². The predicted molar refractivity (Wildman–Crippen MR) is 178 cm³/mol. The summed E-state index contributed by atoms with van der Waals surface area (Å²) in [4.78, 5) is 25.8. The van der Waals surface area contributed by atoms with Crippen molar-refractivity contribution < 1.29 is 0 Å². The average Bonchev–Trinajstić information content (AvgIpc) is 2.94. The molecule has 2 bridgehead atoms. The SMILES string of the molecule is C[C@H]1[C@@H](NC(=Nc2ccc3c(=O)n([C@H](C)Cc4ccc(Cl)cc4Cl)cnc3c2)N2C[C@H](C)N[C@@H](C)C2)C[C@@H]2C[C@@H]1C2(C)C. The highest BCUT2D eigenvalue weighted by atomic mass is 35.5. The van der Waals surface area contributed by atoms with E-state index in [4.69, 9.17) is 33.2 Å². The van der Waals surface area contributed by atoms with Crippen molar-refractivity contribution in [1.82, 2.24) is 25.1 Å². The van der Waals surface area contributed by atoms with Gasteiger partial charge in [0.05, 0.1) is 22.9 Å². The summed E-state index contributed by atoms with van der Waals surface area (Å²) in [6.45, 7) is 15.5. The van der Waals surface area contributed by atoms with Crippen LogP contribution in [0.1, 0.15) is 66.0 Å². The van der Waals surface area contributed by atoms with Crippen LogP contribution in [-0.2, 0) is 6.42 Å². The Morgan fingerprint density at radius 1 is 1.12 bits per heavy atom. The summed E-state index contributed by atoms with van der Waals surface area (Å²) < 4.78 is 1.68. The highest BCUT2D eigenvalue weighted by Gasteiger charge is 2.56. The fraction of sp³-hybridized carbons (Fsp3) is 0.559. The molecule has 3 aliphatic carbocycles. The van der Waals surface area contributed by atoms with Crippen LogP contribution >= 0.6 is 23.2 Å². The van der Waals surface area contributed by atoms with E-state index in [-0.39, 0.29) is 11.6 Å². The number of hydrogen-bond donors (Lipinski definition) is 2. The molecule has 7 rings (SSSR count). The van der Waals surface area contributed by atoms with Crippen LogP contribution in [0.2, 0.25) is 10.0 Å². The van der Waals surface area contributed by atoms with Gasteiger partial charge >= 0.3 is 0 Å². The zero-order valence-electron chi connectivity index (χ0n) is 26.1. The van der Waals surface area contributed by atoms with Crippen molar-refractivity contribution in [3.8, 4) is 0 Å². The van der Waals surface area contributed by atoms with E-state index in [2.05, 4.69) is 50.2 Å². The van der Waals surface area contributed by atoms with Crippen molar-refractivity contribution in [2.75, 3.05) is 13.1 Å². The highest BCUT2D eigenvalue weighted by molar-refractivity contribution is 6.35. The molecular weight excluding hydrogens is 579 g/mol. The number of halogens is 2. The normalized spacial score (nSPS) is 29.3. The smallest absolute Gasteiger partial charge is 0.261 e. The van der Waals surface area contributed by atoms with Crippen LogP contribution in [0, 0.1) is 23.2 Å². The lowest BCUT2D eigenvalue weighted by Gasteiger charge is -2.62. The molecule has 7 atom stereocenters. The second kappa shape index (κ2) is 11.7. The summed E-state index contributed by atoms with van der Waals surface area (Å²) in [5.74, 6) is 3.02. The number of piperazine rings is 1. The molecule has 2 N–H and O–H groups in total. The monoisotopic (exact) mass is 622 g/mol. The molecule has 0 radical (unpaired) electrons. The van der Waals surface area contributed by atoms with Gasteiger partial charge in [0.15, 0.2) is 5.96 Å². The van der Waals surface area contributed by atoms with Crippen LogP contribution in [0.4, 0.5) is 5.69 Å². The lowest BCUT2D eigenvalue weighted by molar-refractivity contribution is -0.112. The third-order valence-electron chi connectivity index (χ3n) is 10.5. The Morgan fingerprint density at radius 3 is 2.53 bits per heavy atom. The topological polar surface area (TPSA) is 74.5 Å². The van der Waals surface area contributed by atoms with E-state index < -0.39 is 0 Å². The van der Waals surface area contributed by atoms with Crippen molar-refractivity contribution in [2.45, 2.75) is 85.0 Å². The largest absolute Gasteiger partial charge is 0.353 e. The first-order chi connectivity index (χ1) is 20.4. The molecule has 4 aliphatic rings. The lowest BCUT2D eigenvalue weighted by atomic mass is 9.45. The van der Waals surface area contributed by atoms with Crippen LogP contribution in [0.25, 0.3) is 10.9 Å². The Morgan fingerprint density at radius 2 is 1.86 bits per heavy atom. The maximum Gasteiger partial charge on any atom is 0.261 e. The van der Waals surface area contributed by atoms with Gasteiger partial charge in [-0.3, -0.25) is 9.36 Å². The van der Waals surface area contributed by atoms with Gasteiger partial charge in [0.1, 0.15) is 0 Å². The van der Waals surface area contributed by atoms with E-state index in [0.717, 1.165) is 42.1 Å². The number of nitrogens with one attached hydrogen (secondary N) is 2. The zero-order chi connectivity index (χ0) is 30.6. The fourth-order valence-electron chi connectivity index (χ4n) is 7.93. The lowest BCUT2D eigenvalue weighted by Crippen LogP contribution is -2.64.